The zero-order chi connectivity index (χ0) is 17.2. The van der Waals surface area contributed by atoms with Crippen LogP contribution in [0, 0.1) is 5.92 Å². The summed E-state index contributed by atoms with van der Waals surface area (Å²) in [7, 11) is 3.56. The fourth-order valence-corrected chi connectivity index (χ4v) is 3.13. The summed E-state index contributed by atoms with van der Waals surface area (Å²) in [6.07, 6.45) is 2.21. The summed E-state index contributed by atoms with van der Waals surface area (Å²) in [5.74, 6) is 1.56. The van der Waals surface area contributed by atoms with Crippen LogP contribution in [-0.2, 0) is 22.4 Å². The Bertz CT molecular complexity index is 519. The van der Waals surface area contributed by atoms with E-state index in [1.807, 2.05) is 7.05 Å². The molecule has 1 aliphatic rings. The van der Waals surface area contributed by atoms with E-state index in [0.29, 0.717) is 19.1 Å². The number of methoxy groups -OCH3 is 1. The van der Waals surface area contributed by atoms with Crippen molar-refractivity contribution in [3.05, 3.63) is 35.4 Å². The molecule has 5 nitrogen and oxygen atoms in total. The Kier molecular flexibility index (Phi) is 8.05. The van der Waals surface area contributed by atoms with Crippen molar-refractivity contribution in [2.75, 3.05) is 47.1 Å². The van der Waals surface area contributed by atoms with Crippen molar-refractivity contribution in [3.8, 4) is 0 Å². The number of aryl methyl sites for hydroxylation is 1. The highest BCUT2D eigenvalue weighted by molar-refractivity contribution is 5.80. The Morgan fingerprint density at radius 1 is 1.29 bits per heavy atom. The van der Waals surface area contributed by atoms with E-state index in [2.05, 4.69) is 46.4 Å². The molecule has 1 aromatic rings. The third kappa shape index (κ3) is 5.49. The van der Waals surface area contributed by atoms with Gasteiger partial charge in [0.05, 0.1) is 19.8 Å². The Morgan fingerprint density at radius 2 is 2.08 bits per heavy atom. The van der Waals surface area contributed by atoms with Crippen LogP contribution in [0.1, 0.15) is 24.5 Å². The van der Waals surface area contributed by atoms with Crippen molar-refractivity contribution >= 4 is 5.96 Å². The van der Waals surface area contributed by atoms with E-state index in [-0.39, 0.29) is 0 Å². The third-order valence-corrected chi connectivity index (χ3v) is 4.52. The highest BCUT2D eigenvalue weighted by atomic mass is 16.5. The molecular formula is C19H31N3O2. The molecule has 1 unspecified atom stereocenters. The lowest BCUT2D eigenvalue weighted by molar-refractivity contribution is 0.0536. The van der Waals surface area contributed by atoms with E-state index in [9.17, 15) is 0 Å². The van der Waals surface area contributed by atoms with Gasteiger partial charge < -0.3 is 19.7 Å². The van der Waals surface area contributed by atoms with Crippen LogP contribution in [0.25, 0.3) is 0 Å². The molecule has 0 spiro atoms. The molecule has 0 saturated carbocycles. The summed E-state index contributed by atoms with van der Waals surface area (Å²) in [6, 6.07) is 8.59. The minimum Gasteiger partial charge on any atom is -0.382 e. The molecule has 1 aromatic carbocycles. The van der Waals surface area contributed by atoms with Crippen molar-refractivity contribution in [1.82, 2.24) is 10.2 Å². The maximum absolute atomic E-state index is 5.67. The number of rotatable bonds is 8. The van der Waals surface area contributed by atoms with Crippen LogP contribution in [0.15, 0.2) is 29.3 Å². The maximum atomic E-state index is 5.67. The zero-order valence-electron chi connectivity index (χ0n) is 15.3. The lowest BCUT2D eigenvalue weighted by atomic mass is 10.1. The van der Waals surface area contributed by atoms with Crippen LogP contribution >= 0.6 is 0 Å². The SMILES string of the molecule is CCc1ccccc1CNC(=NC)N1CCC(COCCOC)C1. The molecule has 5 heteroatoms. The molecule has 1 N–H and O–H groups in total. The number of nitrogens with zero attached hydrogens (tertiary/aromatic N) is 2. The van der Waals surface area contributed by atoms with Crippen molar-refractivity contribution in [1.29, 1.82) is 0 Å². The highest BCUT2D eigenvalue weighted by Crippen LogP contribution is 2.17. The molecule has 1 atom stereocenters. The first kappa shape index (κ1) is 18.7. The fourth-order valence-electron chi connectivity index (χ4n) is 3.13. The van der Waals surface area contributed by atoms with Crippen molar-refractivity contribution in [3.63, 3.8) is 0 Å². The second kappa shape index (κ2) is 10.3. The monoisotopic (exact) mass is 333 g/mol. The number of likely N-dealkylation sites (tertiary alicyclic amines) is 1. The summed E-state index contributed by atoms with van der Waals surface area (Å²) in [5.41, 5.74) is 2.74. The van der Waals surface area contributed by atoms with Crippen molar-refractivity contribution in [2.24, 2.45) is 10.9 Å². The summed E-state index contributed by atoms with van der Waals surface area (Å²) in [5, 5.41) is 3.51. The van der Waals surface area contributed by atoms with Gasteiger partial charge in [0, 0.05) is 39.7 Å². The molecular weight excluding hydrogens is 302 g/mol. The molecule has 1 fully saturated rings. The smallest absolute Gasteiger partial charge is 0.193 e. The molecule has 1 heterocycles. The van der Waals surface area contributed by atoms with Gasteiger partial charge in [0.25, 0.3) is 0 Å². The Morgan fingerprint density at radius 3 is 2.79 bits per heavy atom. The van der Waals surface area contributed by atoms with Crippen LogP contribution < -0.4 is 5.32 Å². The predicted molar refractivity (Wildman–Crippen MR) is 98.4 cm³/mol. The summed E-state index contributed by atoms with van der Waals surface area (Å²) < 4.78 is 10.7. The van der Waals surface area contributed by atoms with Gasteiger partial charge in [0.2, 0.25) is 0 Å². The highest BCUT2D eigenvalue weighted by Gasteiger charge is 2.24. The van der Waals surface area contributed by atoms with E-state index in [0.717, 1.165) is 45.0 Å². The summed E-state index contributed by atoms with van der Waals surface area (Å²) in [4.78, 5) is 6.79. The number of nitrogens with one attached hydrogen (secondary N) is 1. The molecule has 0 aliphatic carbocycles. The van der Waals surface area contributed by atoms with Gasteiger partial charge in [-0.15, -0.1) is 0 Å². The number of hydrogen-bond donors (Lipinski definition) is 1. The Labute approximate surface area is 146 Å². The van der Waals surface area contributed by atoms with E-state index in [4.69, 9.17) is 9.47 Å². The van der Waals surface area contributed by atoms with Gasteiger partial charge in [-0.05, 0) is 24.0 Å². The number of guanidine groups is 1. The van der Waals surface area contributed by atoms with Crippen molar-refractivity contribution < 1.29 is 9.47 Å². The van der Waals surface area contributed by atoms with Gasteiger partial charge in [0.15, 0.2) is 5.96 Å². The number of ether oxygens (including phenoxy) is 2. The van der Waals surface area contributed by atoms with E-state index in [1.54, 1.807) is 7.11 Å². The lowest BCUT2D eigenvalue weighted by Gasteiger charge is -2.22. The first-order valence-corrected chi connectivity index (χ1v) is 8.87. The number of hydrogen-bond acceptors (Lipinski definition) is 3. The predicted octanol–water partition coefficient (Wildman–Crippen LogP) is 2.31. The molecule has 0 bridgehead atoms. The molecule has 1 saturated heterocycles. The van der Waals surface area contributed by atoms with Crippen LogP contribution in [0.2, 0.25) is 0 Å². The zero-order valence-corrected chi connectivity index (χ0v) is 15.3. The largest absolute Gasteiger partial charge is 0.382 e. The summed E-state index contributed by atoms with van der Waals surface area (Å²) in [6.45, 7) is 7.19. The van der Waals surface area contributed by atoms with Gasteiger partial charge in [-0.1, -0.05) is 31.2 Å². The van der Waals surface area contributed by atoms with Gasteiger partial charge in [0.1, 0.15) is 0 Å². The summed E-state index contributed by atoms with van der Waals surface area (Å²) >= 11 is 0. The van der Waals surface area contributed by atoms with Gasteiger partial charge in [-0.25, -0.2) is 0 Å². The van der Waals surface area contributed by atoms with Crippen LogP contribution in [0.5, 0.6) is 0 Å². The first-order chi connectivity index (χ1) is 11.8. The van der Waals surface area contributed by atoms with Crippen molar-refractivity contribution in [2.45, 2.75) is 26.3 Å². The molecule has 134 valence electrons. The van der Waals surface area contributed by atoms with Crippen LogP contribution in [-0.4, -0.2) is 57.9 Å². The van der Waals surface area contributed by atoms with Gasteiger partial charge in [-0.3, -0.25) is 4.99 Å². The molecule has 2 rings (SSSR count). The fraction of sp³-hybridized carbons (Fsp3) is 0.632. The maximum Gasteiger partial charge on any atom is 0.193 e. The standard InChI is InChI=1S/C19H31N3O2/c1-4-17-7-5-6-8-18(17)13-21-19(20-2)22-10-9-16(14-22)15-24-12-11-23-3/h5-8,16H,4,9-15H2,1-3H3,(H,20,21). The molecule has 1 aliphatic heterocycles. The second-order valence-electron chi connectivity index (χ2n) is 6.19. The number of benzene rings is 1. The Hall–Kier alpha value is -1.59. The average molecular weight is 333 g/mol. The third-order valence-electron chi connectivity index (χ3n) is 4.52. The molecule has 0 amide bonds. The number of aliphatic imine (C=N–C) groups is 1. The van der Waals surface area contributed by atoms with E-state index < -0.39 is 0 Å². The second-order valence-corrected chi connectivity index (χ2v) is 6.19. The van der Waals surface area contributed by atoms with E-state index in [1.165, 1.54) is 11.1 Å². The lowest BCUT2D eigenvalue weighted by Crippen LogP contribution is -2.40. The molecule has 0 radical (unpaired) electrons. The average Bonchev–Trinajstić information content (AvgIpc) is 3.08. The minimum atomic E-state index is 0.573. The topological polar surface area (TPSA) is 46.1 Å². The van der Waals surface area contributed by atoms with Crippen LogP contribution in [0.3, 0.4) is 0 Å². The van der Waals surface area contributed by atoms with Crippen LogP contribution in [0.4, 0.5) is 0 Å². The molecule has 24 heavy (non-hydrogen) atoms. The van der Waals surface area contributed by atoms with Gasteiger partial charge in [-0.2, -0.15) is 0 Å². The Balaban J connectivity index is 1.80. The molecule has 0 aromatic heterocycles. The normalized spacial score (nSPS) is 18.2. The van der Waals surface area contributed by atoms with Gasteiger partial charge >= 0.3 is 0 Å². The quantitative estimate of drug-likeness (QED) is 0.450. The minimum absolute atomic E-state index is 0.573. The van der Waals surface area contributed by atoms with E-state index >= 15 is 0 Å². The first-order valence-electron chi connectivity index (χ1n) is 8.87.